The van der Waals surface area contributed by atoms with E-state index >= 15 is 0 Å². The van der Waals surface area contributed by atoms with E-state index < -0.39 is 10.0 Å². The number of benzene rings is 1. The van der Waals surface area contributed by atoms with Gasteiger partial charge in [-0.3, -0.25) is 0 Å². The minimum atomic E-state index is -3.52. The normalized spacial score (nSPS) is 22.2. The van der Waals surface area contributed by atoms with Crippen LogP contribution >= 0.6 is 0 Å². The minimum absolute atomic E-state index is 0.0138. The lowest BCUT2D eigenvalue weighted by Crippen LogP contribution is -2.40. The number of aryl methyl sites for hydroxylation is 1. The average Bonchev–Trinajstić information content (AvgIpc) is 2.31. The van der Waals surface area contributed by atoms with Crippen molar-refractivity contribution in [2.45, 2.75) is 64.3 Å². The van der Waals surface area contributed by atoms with Gasteiger partial charge in [-0.2, -0.15) is 0 Å². The van der Waals surface area contributed by atoms with Crippen molar-refractivity contribution in [1.82, 2.24) is 4.72 Å². The molecule has 1 atom stereocenters. The first-order valence-electron chi connectivity index (χ1n) is 7.50. The lowest BCUT2D eigenvalue weighted by Gasteiger charge is -2.35. The zero-order valence-corrected chi connectivity index (χ0v) is 14.2. The highest BCUT2D eigenvalue weighted by Crippen LogP contribution is 2.36. The third-order valence-corrected chi connectivity index (χ3v) is 6.01. The van der Waals surface area contributed by atoms with Crippen molar-refractivity contribution in [1.29, 1.82) is 0 Å². The number of nitrogen functional groups attached to an aromatic ring is 1. The van der Waals surface area contributed by atoms with Crippen molar-refractivity contribution in [2.24, 2.45) is 5.41 Å². The largest absolute Gasteiger partial charge is 0.398 e. The molecule has 118 valence electrons. The molecule has 1 aliphatic rings. The van der Waals surface area contributed by atoms with E-state index in [4.69, 9.17) is 5.73 Å². The second-order valence-corrected chi connectivity index (χ2v) is 8.74. The van der Waals surface area contributed by atoms with Gasteiger partial charge in [-0.05, 0) is 61.8 Å². The number of rotatable bonds is 3. The van der Waals surface area contributed by atoms with Gasteiger partial charge in [-0.25, -0.2) is 13.1 Å². The maximum Gasteiger partial charge on any atom is 0.241 e. The first-order valence-corrected chi connectivity index (χ1v) is 8.98. The number of nitrogens with one attached hydrogen (secondary N) is 1. The molecule has 21 heavy (non-hydrogen) atoms. The van der Waals surface area contributed by atoms with Crippen LogP contribution in [0.5, 0.6) is 0 Å². The lowest BCUT2D eigenvalue weighted by molar-refractivity contribution is 0.212. The van der Waals surface area contributed by atoms with Crippen LogP contribution in [0.1, 0.15) is 50.7 Å². The van der Waals surface area contributed by atoms with Gasteiger partial charge < -0.3 is 5.73 Å². The molecule has 0 heterocycles. The highest BCUT2D eigenvalue weighted by atomic mass is 32.2. The Hall–Kier alpha value is -1.07. The molecule has 0 amide bonds. The number of hydrogen-bond donors (Lipinski definition) is 2. The first-order chi connectivity index (χ1) is 9.61. The van der Waals surface area contributed by atoms with Gasteiger partial charge in [0.1, 0.15) is 0 Å². The van der Waals surface area contributed by atoms with E-state index in [0.29, 0.717) is 16.1 Å². The molecule has 0 aromatic heterocycles. The molecule has 3 N–H and O–H groups in total. The lowest BCUT2D eigenvalue weighted by atomic mass is 9.75. The summed E-state index contributed by atoms with van der Waals surface area (Å²) in [7, 11) is -3.52. The summed E-state index contributed by atoms with van der Waals surface area (Å²) in [5, 5.41) is 0. The predicted molar refractivity (Wildman–Crippen MR) is 86.7 cm³/mol. The molecule has 0 saturated heterocycles. The summed E-state index contributed by atoms with van der Waals surface area (Å²) in [5.74, 6) is 0. The van der Waals surface area contributed by atoms with Gasteiger partial charge in [-0.1, -0.05) is 20.3 Å². The Morgan fingerprint density at radius 3 is 2.57 bits per heavy atom. The fraction of sp³-hybridized carbons (Fsp3) is 0.625. The molecule has 1 saturated carbocycles. The number of sulfonamides is 1. The maximum atomic E-state index is 12.7. The van der Waals surface area contributed by atoms with Crippen molar-refractivity contribution in [3.05, 3.63) is 23.3 Å². The Morgan fingerprint density at radius 2 is 1.95 bits per heavy atom. The zero-order chi connectivity index (χ0) is 15.8. The van der Waals surface area contributed by atoms with Crippen molar-refractivity contribution in [3.63, 3.8) is 0 Å². The molecule has 0 spiro atoms. The second-order valence-electron chi connectivity index (χ2n) is 7.06. The van der Waals surface area contributed by atoms with Gasteiger partial charge in [-0.15, -0.1) is 0 Å². The minimum Gasteiger partial charge on any atom is -0.398 e. The van der Waals surface area contributed by atoms with Crippen LogP contribution in [0.4, 0.5) is 5.69 Å². The summed E-state index contributed by atoms with van der Waals surface area (Å²) in [6.45, 7) is 8.01. The average molecular weight is 310 g/mol. The highest BCUT2D eigenvalue weighted by Gasteiger charge is 2.31. The summed E-state index contributed by atoms with van der Waals surface area (Å²) in [5.41, 5.74) is 8.12. The highest BCUT2D eigenvalue weighted by molar-refractivity contribution is 7.89. The van der Waals surface area contributed by atoms with Crippen LogP contribution < -0.4 is 10.5 Å². The van der Waals surface area contributed by atoms with E-state index in [1.54, 1.807) is 19.1 Å². The van der Waals surface area contributed by atoms with Crippen molar-refractivity contribution >= 4 is 15.7 Å². The van der Waals surface area contributed by atoms with Crippen LogP contribution in [0.15, 0.2) is 17.0 Å². The molecule has 4 nitrogen and oxygen atoms in total. The molecular formula is C16H26N2O2S. The van der Waals surface area contributed by atoms with Gasteiger partial charge in [0.2, 0.25) is 10.0 Å². The fourth-order valence-corrected chi connectivity index (χ4v) is 4.84. The van der Waals surface area contributed by atoms with Gasteiger partial charge in [0, 0.05) is 11.7 Å². The van der Waals surface area contributed by atoms with Crippen LogP contribution in [0, 0.1) is 19.3 Å². The van der Waals surface area contributed by atoms with Crippen LogP contribution in [0.25, 0.3) is 0 Å². The molecule has 0 bridgehead atoms. The second kappa shape index (κ2) is 5.61. The molecule has 5 heteroatoms. The Balaban J connectivity index is 2.27. The van der Waals surface area contributed by atoms with Crippen LogP contribution in [-0.2, 0) is 10.0 Å². The van der Waals surface area contributed by atoms with Gasteiger partial charge in [0.05, 0.1) is 4.90 Å². The third kappa shape index (κ3) is 3.77. The van der Waals surface area contributed by atoms with E-state index in [-0.39, 0.29) is 11.5 Å². The van der Waals surface area contributed by atoms with Gasteiger partial charge in [0.15, 0.2) is 0 Å². The Kier molecular flexibility index (Phi) is 4.36. The standard InChI is InChI=1S/C16H26N2O2S/c1-11-8-14(17)12(2)15(9-11)21(19,20)18-13-6-5-7-16(3,4)10-13/h8-9,13,18H,5-7,10,17H2,1-4H3. The molecule has 2 rings (SSSR count). The van der Waals surface area contributed by atoms with E-state index in [2.05, 4.69) is 18.6 Å². The monoisotopic (exact) mass is 310 g/mol. The SMILES string of the molecule is Cc1cc(N)c(C)c(S(=O)(=O)NC2CCCC(C)(C)C2)c1. The third-order valence-electron chi connectivity index (χ3n) is 4.36. The Labute approximate surface area is 128 Å². The molecule has 0 aliphatic heterocycles. The van der Waals surface area contributed by atoms with E-state index in [9.17, 15) is 8.42 Å². The quantitative estimate of drug-likeness (QED) is 0.842. The zero-order valence-electron chi connectivity index (χ0n) is 13.4. The summed E-state index contributed by atoms with van der Waals surface area (Å²) in [6.07, 6.45) is 4.01. The van der Waals surface area contributed by atoms with Crippen molar-refractivity contribution < 1.29 is 8.42 Å². The maximum absolute atomic E-state index is 12.7. The Bertz CT molecular complexity index is 636. The van der Waals surface area contributed by atoms with Crippen molar-refractivity contribution in [3.8, 4) is 0 Å². The molecular weight excluding hydrogens is 284 g/mol. The van der Waals surface area contributed by atoms with E-state index in [0.717, 1.165) is 31.2 Å². The number of anilines is 1. The molecule has 1 aromatic rings. The van der Waals surface area contributed by atoms with Crippen molar-refractivity contribution in [2.75, 3.05) is 5.73 Å². The Morgan fingerprint density at radius 1 is 1.29 bits per heavy atom. The molecule has 1 unspecified atom stereocenters. The number of nitrogens with two attached hydrogens (primary N) is 1. The number of hydrogen-bond acceptors (Lipinski definition) is 3. The smallest absolute Gasteiger partial charge is 0.241 e. The van der Waals surface area contributed by atoms with Gasteiger partial charge in [0.25, 0.3) is 0 Å². The van der Waals surface area contributed by atoms with Crippen LogP contribution in [0.3, 0.4) is 0 Å². The first kappa shape index (κ1) is 16.3. The summed E-state index contributed by atoms with van der Waals surface area (Å²) < 4.78 is 28.2. The summed E-state index contributed by atoms with van der Waals surface area (Å²) in [6, 6.07) is 3.51. The molecule has 0 radical (unpaired) electrons. The van der Waals surface area contributed by atoms with Crippen LogP contribution in [0.2, 0.25) is 0 Å². The summed E-state index contributed by atoms with van der Waals surface area (Å²) in [4.78, 5) is 0.309. The molecule has 1 aromatic carbocycles. The predicted octanol–water partition coefficient (Wildman–Crippen LogP) is 3.13. The topological polar surface area (TPSA) is 72.2 Å². The molecule has 1 fully saturated rings. The summed E-state index contributed by atoms with van der Waals surface area (Å²) >= 11 is 0. The molecule has 1 aliphatic carbocycles. The van der Waals surface area contributed by atoms with E-state index in [1.165, 1.54) is 0 Å². The fourth-order valence-electron chi connectivity index (χ4n) is 3.21. The van der Waals surface area contributed by atoms with Gasteiger partial charge >= 0.3 is 0 Å². The van der Waals surface area contributed by atoms with E-state index in [1.807, 2.05) is 6.92 Å². The van der Waals surface area contributed by atoms with Crippen LogP contribution in [-0.4, -0.2) is 14.5 Å².